The van der Waals surface area contributed by atoms with Crippen molar-refractivity contribution in [3.8, 4) is 57.5 Å². The van der Waals surface area contributed by atoms with Crippen LogP contribution in [-0.4, -0.2) is 211 Å². The van der Waals surface area contributed by atoms with Crippen molar-refractivity contribution in [1.82, 2.24) is 29.5 Å². The number of fused-ring (bicyclic) bond motifs is 5. The number of hydrogen-bond acceptors (Lipinski definition) is 21. The van der Waals surface area contributed by atoms with Crippen LogP contribution in [0.15, 0.2) is 231 Å². The quantitative estimate of drug-likeness (QED) is 0.0262. The Hall–Kier alpha value is -11.3. The number of likely N-dealkylation sites (tertiary alicyclic amines) is 5. The number of aryl methyl sites for hydroxylation is 4. The summed E-state index contributed by atoms with van der Waals surface area (Å²) in [5.74, 6) is 9.16. The summed E-state index contributed by atoms with van der Waals surface area (Å²) in [6.07, 6.45) is 14.2. The molecule has 5 saturated heterocycles. The van der Waals surface area contributed by atoms with Crippen molar-refractivity contribution >= 4 is 17.3 Å². The number of carbonyl (C=O) groups is 3. The van der Waals surface area contributed by atoms with Crippen molar-refractivity contribution in [2.75, 3.05) is 98.2 Å². The molecule has 9 aromatic carbocycles. The number of aromatic hydroxyl groups is 5. The highest BCUT2D eigenvalue weighted by Gasteiger charge is 2.47. The van der Waals surface area contributed by atoms with E-state index in [0.717, 1.165) is 170 Å². The molecule has 0 radical (unpaired) electrons. The predicted molar refractivity (Wildman–Crippen MR) is 498 cm³/mol. The van der Waals surface area contributed by atoms with E-state index in [1.807, 2.05) is 48.5 Å². The summed E-state index contributed by atoms with van der Waals surface area (Å²) < 4.78 is 57.6. The zero-order valence-corrected chi connectivity index (χ0v) is 75.3. The van der Waals surface area contributed by atoms with Crippen molar-refractivity contribution in [2.45, 2.75) is 135 Å². The highest BCUT2D eigenvalue weighted by atomic mass is 19.1. The van der Waals surface area contributed by atoms with Gasteiger partial charge in [0.05, 0.1) is 68.6 Å². The van der Waals surface area contributed by atoms with Crippen LogP contribution in [0, 0.1) is 98.5 Å². The summed E-state index contributed by atoms with van der Waals surface area (Å²) >= 11 is 0. The van der Waals surface area contributed by atoms with Crippen molar-refractivity contribution < 1.29 is 82.6 Å². The molecule has 10 aliphatic rings. The van der Waals surface area contributed by atoms with Gasteiger partial charge in [0, 0.05) is 101 Å². The number of aliphatic hydroxyl groups excluding tert-OH is 2. The normalized spacial score (nSPS) is 25.7. The largest absolute Gasteiger partial charge is 0.508 e. The molecule has 6 heterocycles. The molecule has 0 bridgehead atoms. The van der Waals surface area contributed by atoms with E-state index in [2.05, 4.69) is 118 Å². The minimum atomic E-state index is -0.754. The number of β-amino-alcohol motifs (C(OH)–C–C–N with tert-alkyl or cyclic N) is 2. The van der Waals surface area contributed by atoms with Crippen LogP contribution in [-0.2, 0) is 0 Å². The number of aromatic nitrogens is 1. The number of aliphatic hydroxyl groups is 2. The van der Waals surface area contributed by atoms with Gasteiger partial charge in [0.15, 0.2) is 40.5 Å². The van der Waals surface area contributed by atoms with Gasteiger partial charge in [-0.25, -0.2) is 8.78 Å². The van der Waals surface area contributed by atoms with Gasteiger partial charge in [-0.15, -0.1) is 0 Å². The Labute approximate surface area is 767 Å². The molecule has 23 heteroatoms. The van der Waals surface area contributed by atoms with E-state index in [0.29, 0.717) is 126 Å². The fraction of sp³-hybridized carbons (Fsp3) is 0.426. The van der Waals surface area contributed by atoms with Crippen LogP contribution in [0.3, 0.4) is 0 Å². The SMILES string of the molecule is Cc1ccc(OC2C[C@@H]3CN(CC(=O)c4ccc(O)c(F)c4)C[C@@H]3C2)cc1.Cc1ccc(OC2C[C@@H]3CN(CC(=O)c4ccc(O)cc4)C[C@@H]3C2)cc1.Cc1ccc(OC2C[C@@H]3CN(CC(O)c4ccc(O)c(F)c4)C[C@@H]3C2)cc1.Cc1ccc(OC2C[C@@H]3CN(CC(O)c4ccc(O)cc4)C[C@@H]3C2)cc1.O=C(CN1C[C@H]2CC(Oc3cccnc3)C[C@H]2C1)c1ccc(O)cc1. The van der Waals surface area contributed by atoms with Gasteiger partial charge in [-0.3, -0.25) is 43.9 Å². The molecule has 690 valence electrons. The third-order valence-electron chi connectivity index (χ3n) is 28.4. The van der Waals surface area contributed by atoms with Crippen LogP contribution in [0.25, 0.3) is 0 Å². The average molecular weight is 1780 g/mol. The van der Waals surface area contributed by atoms with Gasteiger partial charge in [-0.2, -0.15) is 0 Å². The topological polar surface area (TPSA) is 268 Å². The maximum atomic E-state index is 13.5. The lowest BCUT2D eigenvalue weighted by molar-refractivity contribution is 0.0928. The molecule has 7 unspecified atom stereocenters. The number of hydrogen-bond donors (Lipinski definition) is 7. The zero-order valence-electron chi connectivity index (χ0n) is 75.3. The number of halogens is 2. The number of carbonyl (C=O) groups excluding carboxylic acids is 3. The first-order valence-electron chi connectivity index (χ1n) is 46.7. The fourth-order valence-corrected chi connectivity index (χ4v) is 21.7. The van der Waals surface area contributed by atoms with Gasteiger partial charge < -0.3 is 59.4 Å². The first-order chi connectivity index (χ1) is 63.2. The molecule has 131 heavy (non-hydrogen) atoms. The van der Waals surface area contributed by atoms with Gasteiger partial charge in [-0.1, -0.05) is 89.0 Å². The Balaban J connectivity index is 0.000000120. The van der Waals surface area contributed by atoms with E-state index in [4.69, 9.17) is 23.7 Å². The molecule has 7 N–H and O–H groups in total. The van der Waals surface area contributed by atoms with E-state index in [-0.39, 0.29) is 58.7 Å². The van der Waals surface area contributed by atoms with E-state index >= 15 is 0 Å². The van der Waals surface area contributed by atoms with Crippen LogP contribution in [0.4, 0.5) is 8.78 Å². The van der Waals surface area contributed by atoms with Gasteiger partial charge in [-0.05, 0) is 314 Å². The van der Waals surface area contributed by atoms with Gasteiger partial charge in [0.25, 0.3) is 0 Å². The Morgan fingerprint density at radius 3 is 0.878 bits per heavy atom. The molecular formula is C108H124F2N6O15. The van der Waals surface area contributed by atoms with Crippen LogP contribution in [0.1, 0.15) is 141 Å². The number of phenolic OH excluding ortho intramolecular Hbond substituents is 5. The lowest BCUT2D eigenvalue weighted by atomic mass is 10.0. The third-order valence-corrected chi connectivity index (χ3v) is 28.4. The average Bonchev–Trinajstić information content (AvgIpc) is 1.68. The number of phenols is 5. The summed E-state index contributed by atoms with van der Waals surface area (Å²) in [6.45, 7) is 20.2. The van der Waals surface area contributed by atoms with E-state index in [1.165, 1.54) is 46.5 Å². The summed E-state index contributed by atoms with van der Waals surface area (Å²) in [5.41, 5.74) is 7.95. The second-order valence-corrected chi connectivity index (χ2v) is 38.5. The smallest absolute Gasteiger partial charge is 0.176 e. The summed E-state index contributed by atoms with van der Waals surface area (Å²) in [5, 5.41) is 67.4. The Morgan fingerprint density at radius 1 is 0.321 bits per heavy atom. The van der Waals surface area contributed by atoms with Gasteiger partial charge >= 0.3 is 0 Å². The minimum absolute atomic E-state index is 0.110. The summed E-state index contributed by atoms with van der Waals surface area (Å²) in [7, 11) is 0. The zero-order chi connectivity index (χ0) is 91.3. The first kappa shape index (κ1) is 93.0. The Bertz CT molecular complexity index is 5350. The monoisotopic (exact) mass is 1780 g/mol. The number of nitrogens with zero attached hydrogens (tertiary/aromatic N) is 6. The molecule has 5 aliphatic carbocycles. The van der Waals surface area contributed by atoms with Crippen molar-refractivity contribution in [2.24, 2.45) is 59.2 Å². The molecule has 21 nitrogen and oxygen atoms in total. The maximum absolute atomic E-state index is 13.5. The van der Waals surface area contributed by atoms with Crippen molar-refractivity contribution in [3.63, 3.8) is 0 Å². The van der Waals surface area contributed by atoms with Crippen LogP contribution < -0.4 is 23.7 Å². The molecule has 0 amide bonds. The lowest BCUT2D eigenvalue weighted by Crippen LogP contribution is -2.30. The molecule has 10 fully saturated rings. The molecule has 20 rings (SSSR count). The van der Waals surface area contributed by atoms with E-state index in [9.17, 15) is 58.9 Å². The highest BCUT2D eigenvalue weighted by molar-refractivity contribution is 5.99. The number of Topliss-reactive ketones (excluding diaryl/α,β-unsaturated/α-hetero) is 3. The molecule has 17 atom stereocenters. The van der Waals surface area contributed by atoms with Crippen molar-refractivity contribution in [3.05, 3.63) is 292 Å². The fourth-order valence-electron chi connectivity index (χ4n) is 21.7. The second kappa shape index (κ2) is 42.9. The van der Waals surface area contributed by atoms with Gasteiger partial charge in [0.2, 0.25) is 0 Å². The Kier molecular flexibility index (Phi) is 30.5. The maximum Gasteiger partial charge on any atom is 0.176 e. The van der Waals surface area contributed by atoms with E-state index < -0.39 is 29.6 Å². The molecule has 5 aliphatic heterocycles. The highest BCUT2D eigenvalue weighted by Crippen LogP contribution is 2.46. The minimum Gasteiger partial charge on any atom is -0.508 e. The molecule has 10 aromatic rings. The summed E-state index contributed by atoms with van der Waals surface area (Å²) in [6, 6.07) is 64.5. The molecular weight excluding hydrogens is 1660 g/mol. The third kappa shape index (κ3) is 25.3. The number of rotatable bonds is 25. The number of ether oxygens (including phenoxy) is 5. The number of benzene rings is 9. The molecule has 0 spiro atoms. The van der Waals surface area contributed by atoms with Crippen molar-refractivity contribution in [1.29, 1.82) is 0 Å². The number of ketones is 3. The van der Waals surface area contributed by atoms with Crippen LogP contribution in [0.2, 0.25) is 0 Å². The first-order valence-corrected chi connectivity index (χ1v) is 46.7. The van der Waals surface area contributed by atoms with E-state index in [1.54, 1.807) is 91.3 Å². The predicted octanol–water partition coefficient (Wildman–Crippen LogP) is 17.4. The molecule has 1 aromatic heterocycles. The second-order valence-electron chi connectivity index (χ2n) is 38.5. The standard InChI is InChI=1S/C22H26FNO3.C22H24FNO3.C22H27NO3.C22H25NO3.C20H22N2O3/c2*1-14-2-5-18(6-3-14)27-19-8-16-11-24(12-17(16)9-19)13-22(26)15-4-7-21(25)20(23)10-15;2*1-15-2-8-20(9-3-15)26-21-10-17-12-23(13-18(17)11-21)14-22(25)16-4-6-19(24)7-5-16;23-17-5-3-14(4-6-17)20(24)13-22-11-15-8-19(9-16(15)12-22)25-18-2-1-7-21-10-18/h2-7,10,16-17,19,22,25-26H,8-9,11-13H2,1H3;2-7,10,16-17,19,25H,8-9,11-13H2,1H3;2-9,17-18,21-22,24-25H,10-14H2,1H3;2-9,17-18,21,24H,10-14H2,1H3;1-7,10,15-16,19,23H,8-9,11-13H2/t16-,17+,19?,22?;16-,17+,19?;17-,18+,21?,22?;17-,18+,21?;15-,16+,19?. The number of pyridine rings is 1. The lowest BCUT2D eigenvalue weighted by Gasteiger charge is -2.22. The van der Waals surface area contributed by atoms with Crippen LogP contribution >= 0.6 is 0 Å². The van der Waals surface area contributed by atoms with Gasteiger partial charge in [0.1, 0.15) is 46.0 Å². The molecule has 5 saturated carbocycles. The summed E-state index contributed by atoms with van der Waals surface area (Å²) in [4.78, 5) is 52.6. The Morgan fingerprint density at radius 2 is 0.580 bits per heavy atom. The van der Waals surface area contributed by atoms with Crippen LogP contribution in [0.5, 0.6) is 57.5 Å².